The number of hydrogen-bond acceptors (Lipinski definition) is 6. The molecule has 5 unspecified atom stereocenters. The molecule has 1 saturated heterocycles. The van der Waals surface area contributed by atoms with Gasteiger partial charge in [-0.3, -0.25) is 19.7 Å². The molecule has 1 aromatic heterocycles. The van der Waals surface area contributed by atoms with E-state index in [9.17, 15) is 4.79 Å². The lowest BCUT2D eigenvalue weighted by molar-refractivity contribution is -0.121. The average molecular weight is 438 g/mol. The standard InChI is InChI=1S/C24H35N7O/c1-16(18-9-4-3-5-10-18)15-25-22(32)14-8-13-21-27-28-24-30(21)20-12-7-6-11-19(20)23-26-17(2)29-31(23)24/h3-5,9-10,16-17,19-20,23,26,29H,6-8,11-15H2,1-2H3,(H,25,32). The van der Waals surface area contributed by atoms with Crippen molar-refractivity contribution in [2.75, 3.05) is 11.6 Å². The van der Waals surface area contributed by atoms with E-state index in [1.807, 2.05) is 18.2 Å². The second kappa shape index (κ2) is 9.19. The Labute approximate surface area is 190 Å². The number of fused-ring (bicyclic) bond motifs is 6. The SMILES string of the molecule is CC1NC2C3CCCCC3n3c(CCCC(=O)NCC(C)c4ccccc4)nnc3N2N1. The first-order valence-electron chi connectivity index (χ1n) is 12.2. The van der Waals surface area contributed by atoms with Crippen LogP contribution in [0.1, 0.15) is 75.7 Å². The molecule has 172 valence electrons. The van der Waals surface area contributed by atoms with Crippen molar-refractivity contribution in [3.05, 3.63) is 41.7 Å². The Morgan fingerprint density at radius 3 is 2.88 bits per heavy atom. The number of anilines is 1. The molecular formula is C24H35N7O. The summed E-state index contributed by atoms with van der Waals surface area (Å²) >= 11 is 0. The number of hydrogen-bond donors (Lipinski definition) is 3. The normalized spacial score (nSPS) is 27.4. The van der Waals surface area contributed by atoms with Crippen LogP contribution >= 0.6 is 0 Å². The van der Waals surface area contributed by atoms with Crippen LogP contribution in [0.2, 0.25) is 0 Å². The first-order valence-corrected chi connectivity index (χ1v) is 12.2. The summed E-state index contributed by atoms with van der Waals surface area (Å²) in [6.07, 6.45) is 7.56. The summed E-state index contributed by atoms with van der Waals surface area (Å²) in [5.41, 5.74) is 4.76. The van der Waals surface area contributed by atoms with Gasteiger partial charge >= 0.3 is 0 Å². The summed E-state index contributed by atoms with van der Waals surface area (Å²) in [6.45, 7) is 4.96. The van der Waals surface area contributed by atoms with Gasteiger partial charge in [0.25, 0.3) is 0 Å². The zero-order chi connectivity index (χ0) is 22.1. The van der Waals surface area contributed by atoms with Crippen molar-refractivity contribution in [3.63, 3.8) is 0 Å². The van der Waals surface area contributed by atoms with Gasteiger partial charge in [0.2, 0.25) is 11.9 Å². The molecule has 1 aliphatic carbocycles. The van der Waals surface area contributed by atoms with Crippen LogP contribution in [0, 0.1) is 5.92 Å². The van der Waals surface area contributed by atoms with Crippen LogP contribution in [0.4, 0.5) is 5.95 Å². The number of nitrogens with zero attached hydrogens (tertiary/aromatic N) is 4. The molecule has 32 heavy (non-hydrogen) atoms. The fourth-order valence-electron chi connectivity index (χ4n) is 5.63. The Morgan fingerprint density at radius 1 is 1.22 bits per heavy atom. The summed E-state index contributed by atoms with van der Waals surface area (Å²) in [4.78, 5) is 12.4. The summed E-state index contributed by atoms with van der Waals surface area (Å²) in [6, 6.07) is 10.8. The Morgan fingerprint density at radius 2 is 2.03 bits per heavy atom. The maximum Gasteiger partial charge on any atom is 0.243 e. The van der Waals surface area contributed by atoms with E-state index in [-0.39, 0.29) is 18.2 Å². The lowest BCUT2D eigenvalue weighted by Crippen LogP contribution is -2.53. The number of aryl methyl sites for hydroxylation is 1. The average Bonchev–Trinajstić information content (AvgIpc) is 3.42. The molecule has 1 aromatic carbocycles. The van der Waals surface area contributed by atoms with Gasteiger partial charge in [0.15, 0.2) is 0 Å². The van der Waals surface area contributed by atoms with E-state index in [0.29, 0.717) is 30.8 Å². The van der Waals surface area contributed by atoms with Crippen molar-refractivity contribution in [3.8, 4) is 0 Å². The molecule has 2 fully saturated rings. The van der Waals surface area contributed by atoms with Gasteiger partial charge in [-0.2, -0.15) is 0 Å². The Kier molecular flexibility index (Phi) is 6.15. The third-order valence-corrected chi connectivity index (χ3v) is 7.29. The summed E-state index contributed by atoms with van der Waals surface area (Å²) in [7, 11) is 0. The highest BCUT2D eigenvalue weighted by atomic mass is 16.1. The molecule has 3 aliphatic rings. The molecule has 3 heterocycles. The minimum absolute atomic E-state index is 0.112. The molecule has 5 rings (SSSR count). The van der Waals surface area contributed by atoms with Gasteiger partial charge < -0.3 is 5.32 Å². The highest BCUT2D eigenvalue weighted by Crippen LogP contribution is 2.44. The Hall–Kier alpha value is -2.45. The molecular weight excluding hydrogens is 402 g/mol. The Bertz CT molecular complexity index is 930. The Balaban J connectivity index is 1.19. The smallest absolute Gasteiger partial charge is 0.243 e. The van der Waals surface area contributed by atoms with Crippen LogP contribution in [0.3, 0.4) is 0 Å². The fourth-order valence-corrected chi connectivity index (χ4v) is 5.63. The number of rotatable bonds is 7. The van der Waals surface area contributed by atoms with Crippen LogP contribution in [-0.4, -0.2) is 39.5 Å². The minimum atomic E-state index is 0.112. The third-order valence-electron chi connectivity index (χ3n) is 7.29. The van der Waals surface area contributed by atoms with E-state index in [1.54, 1.807) is 0 Å². The number of aromatic nitrogens is 3. The first kappa shape index (κ1) is 21.4. The summed E-state index contributed by atoms with van der Waals surface area (Å²) < 4.78 is 2.36. The van der Waals surface area contributed by atoms with E-state index in [1.165, 1.54) is 31.2 Å². The number of benzene rings is 1. The molecule has 0 spiro atoms. The topological polar surface area (TPSA) is 87.1 Å². The van der Waals surface area contributed by atoms with Crippen molar-refractivity contribution in [2.45, 2.75) is 83.1 Å². The number of carbonyl (C=O) groups excluding carboxylic acids is 1. The zero-order valence-electron chi connectivity index (χ0n) is 19.1. The predicted molar refractivity (Wildman–Crippen MR) is 124 cm³/mol. The van der Waals surface area contributed by atoms with Gasteiger partial charge in [-0.15, -0.1) is 10.2 Å². The van der Waals surface area contributed by atoms with E-state index >= 15 is 0 Å². The molecule has 1 saturated carbocycles. The maximum atomic E-state index is 12.4. The first-order chi connectivity index (χ1) is 15.6. The van der Waals surface area contributed by atoms with Gasteiger partial charge in [0, 0.05) is 31.3 Å². The second-order valence-corrected chi connectivity index (χ2v) is 9.60. The number of amides is 1. The van der Waals surface area contributed by atoms with E-state index in [0.717, 1.165) is 24.6 Å². The van der Waals surface area contributed by atoms with Crippen molar-refractivity contribution in [1.82, 2.24) is 30.8 Å². The zero-order valence-corrected chi connectivity index (χ0v) is 19.1. The molecule has 3 N–H and O–H groups in total. The van der Waals surface area contributed by atoms with Crippen LogP contribution < -0.4 is 21.1 Å². The second-order valence-electron chi connectivity index (χ2n) is 9.60. The van der Waals surface area contributed by atoms with Crippen LogP contribution in [0.5, 0.6) is 0 Å². The predicted octanol–water partition coefficient (Wildman–Crippen LogP) is 2.85. The van der Waals surface area contributed by atoms with Crippen LogP contribution in [-0.2, 0) is 11.2 Å². The van der Waals surface area contributed by atoms with Crippen molar-refractivity contribution < 1.29 is 4.79 Å². The van der Waals surface area contributed by atoms with Crippen molar-refractivity contribution in [2.24, 2.45) is 5.92 Å². The van der Waals surface area contributed by atoms with E-state index in [4.69, 9.17) is 0 Å². The number of carbonyl (C=O) groups is 1. The van der Waals surface area contributed by atoms with Gasteiger partial charge in [-0.1, -0.05) is 50.1 Å². The molecule has 8 heteroatoms. The quantitative estimate of drug-likeness (QED) is 0.618. The van der Waals surface area contributed by atoms with Gasteiger partial charge in [-0.25, -0.2) is 5.43 Å². The summed E-state index contributed by atoms with van der Waals surface area (Å²) in [5.74, 6) is 2.92. The molecule has 1 amide bonds. The van der Waals surface area contributed by atoms with Gasteiger partial charge in [0.05, 0.1) is 6.17 Å². The van der Waals surface area contributed by atoms with E-state index < -0.39 is 0 Å². The molecule has 0 radical (unpaired) electrons. The highest BCUT2D eigenvalue weighted by molar-refractivity contribution is 5.75. The molecule has 2 aromatic rings. The molecule has 2 aliphatic heterocycles. The van der Waals surface area contributed by atoms with Crippen molar-refractivity contribution in [1.29, 1.82) is 0 Å². The number of nitrogens with one attached hydrogen (secondary N) is 3. The summed E-state index contributed by atoms with van der Waals surface area (Å²) in [5, 5.41) is 18.1. The lowest BCUT2D eigenvalue weighted by atomic mass is 9.81. The van der Waals surface area contributed by atoms with E-state index in [2.05, 4.69) is 61.8 Å². The van der Waals surface area contributed by atoms with Crippen molar-refractivity contribution >= 4 is 11.9 Å². The third kappa shape index (κ3) is 4.13. The molecule has 8 nitrogen and oxygen atoms in total. The molecule has 5 atom stereocenters. The van der Waals surface area contributed by atoms with Gasteiger partial charge in [-0.05, 0) is 37.7 Å². The van der Waals surface area contributed by atoms with Gasteiger partial charge in [0.1, 0.15) is 12.0 Å². The van der Waals surface area contributed by atoms with Crippen LogP contribution in [0.15, 0.2) is 30.3 Å². The largest absolute Gasteiger partial charge is 0.356 e. The maximum absolute atomic E-state index is 12.4. The minimum Gasteiger partial charge on any atom is -0.356 e. The highest BCUT2D eigenvalue weighted by Gasteiger charge is 2.47. The number of hydrazine groups is 1. The van der Waals surface area contributed by atoms with Crippen LogP contribution in [0.25, 0.3) is 0 Å². The lowest BCUT2D eigenvalue weighted by Gasteiger charge is -2.44. The molecule has 0 bridgehead atoms. The fraction of sp³-hybridized carbons (Fsp3) is 0.625. The monoisotopic (exact) mass is 437 g/mol.